The van der Waals surface area contributed by atoms with Crippen LogP contribution in [0.5, 0.6) is 0 Å². The van der Waals surface area contributed by atoms with Crippen LogP contribution in [0.1, 0.15) is 13.8 Å². The maximum absolute atomic E-state index is 11.7. The zero-order valence-electron chi connectivity index (χ0n) is 6.56. The van der Waals surface area contributed by atoms with Crippen LogP contribution in [-0.4, -0.2) is 24.3 Å². The maximum atomic E-state index is 11.7. The van der Waals surface area contributed by atoms with E-state index in [4.69, 9.17) is 0 Å². The van der Waals surface area contributed by atoms with Gasteiger partial charge in [0.05, 0.1) is 0 Å². The fourth-order valence-corrected chi connectivity index (χ4v) is 0.245. The van der Waals surface area contributed by atoms with Crippen LogP contribution in [0.2, 0.25) is 0 Å². The van der Waals surface area contributed by atoms with Crippen LogP contribution >= 0.6 is 0 Å². The summed E-state index contributed by atoms with van der Waals surface area (Å²) in [5.41, 5.74) is -1.15. The Morgan fingerprint density at radius 3 is 1.25 bits per heavy atom. The first-order valence-electron chi connectivity index (χ1n) is 3.10. The zero-order valence-corrected chi connectivity index (χ0v) is 6.56. The molecule has 70 valence electrons. The van der Waals surface area contributed by atoms with Crippen molar-refractivity contribution in [3.05, 3.63) is 0 Å². The Balaban J connectivity index is 4.27. The Bertz CT molecular complexity index is 176. The van der Waals surface area contributed by atoms with Crippen molar-refractivity contribution in [3.63, 3.8) is 0 Å². The monoisotopic (exact) mass is 184 g/mol. The predicted molar refractivity (Wildman–Crippen MR) is 38.2 cm³/mol. The van der Waals surface area contributed by atoms with Gasteiger partial charge < -0.3 is 0 Å². The van der Waals surface area contributed by atoms with Crippen LogP contribution in [0.4, 0.5) is 17.6 Å². The minimum absolute atomic E-state index is 0.574. The molecule has 0 radical (unpaired) electrons. The molecule has 0 aliphatic rings. The molecule has 0 saturated carbocycles. The molecule has 0 aliphatic heterocycles. The number of nitrogens with zero attached hydrogens (tertiary/aromatic N) is 2. The van der Waals surface area contributed by atoms with Crippen LogP contribution in [-0.2, 0) is 0 Å². The number of halogens is 4. The third-order valence-corrected chi connectivity index (χ3v) is 0.997. The molecule has 0 spiro atoms. The van der Waals surface area contributed by atoms with Crippen molar-refractivity contribution >= 4 is 11.4 Å². The number of hydrogen-bond donors (Lipinski definition) is 0. The van der Waals surface area contributed by atoms with Gasteiger partial charge in [0.2, 0.25) is 0 Å². The molecular formula is C6H8F4N2. The summed E-state index contributed by atoms with van der Waals surface area (Å²) >= 11 is 0. The zero-order chi connectivity index (χ0) is 9.72. The minimum Gasteiger partial charge on any atom is -0.204 e. The van der Waals surface area contributed by atoms with E-state index >= 15 is 0 Å². The molecule has 0 heterocycles. The lowest BCUT2D eigenvalue weighted by Crippen LogP contribution is -2.07. The van der Waals surface area contributed by atoms with Gasteiger partial charge in [-0.15, -0.1) is 0 Å². The maximum Gasteiger partial charge on any atom is 0.278 e. The summed E-state index contributed by atoms with van der Waals surface area (Å²) < 4.78 is 46.8. The van der Waals surface area contributed by atoms with E-state index in [0.717, 1.165) is 13.8 Å². The Kier molecular flexibility index (Phi) is 4.46. The smallest absolute Gasteiger partial charge is 0.204 e. The molecule has 0 saturated heterocycles. The summed E-state index contributed by atoms with van der Waals surface area (Å²) in [4.78, 5) is 0. The first-order chi connectivity index (χ1) is 5.45. The molecule has 0 aromatic carbocycles. The van der Waals surface area contributed by atoms with Crippen LogP contribution in [0.25, 0.3) is 0 Å². The van der Waals surface area contributed by atoms with Gasteiger partial charge in [-0.2, -0.15) is 10.2 Å². The Labute approximate surface area is 67.0 Å². The van der Waals surface area contributed by atoms with E-state index in [1.807, 2.05) is 0 Å². The molecule has 0 aliphatic carbocycles. The van der Waals surface area contributed by atoms with Crippen LogP contribution in [0.3, 0.4) is 0 Å². The van der Waals surface area contributed by atoms with Crippen molar-refractivity contribution in [2.75, 3.05) is 0 Å². The summed E-state index contributed by atoms with van der Waals surface area (Å²) in [7, 11) is 0. The molecule has 0 fully saturated rings. The summed E-state index contributed by atoms with van der Waals surface area (Å²) in [5, 5.41) is 5.84. The molecule has 0 amide bonds. The molecule has 0 rings (SSSR count). The van der Waals surface area contributed by atoms with Gasteiger partial charge in [0.15, 0.2) is 0 Å². The molecule has 12 heavy (non-hydrogen) atoms. The van der Waals surface area contributed by atoms with Crippen molar-refractivity contribution in [3.8, 4) is 0 Å². The highest BCUT2D eigenvalue weighted by molar-refractivity contribution is 5.88. The van der Waals surface area contributed by atoms with E-state index in [0.29, 0.717) is 0 Å². The van der Waals surface area contributed by atoms with Crippen molar-refractivity contribution in [2.45, 2.75) is 26.7 Å². The second kappa shape index (κ2) is 4.84. The molecular weight excluding hydrogens is 176 g/mol. The molecule has 2 nitrogen and oxygen atoms in total. The van der Waals surface area contributed by atoms with Crippen molar-refractivity contribution < 1.29 is 17.6 Å². The summed E-state index contributed by atoms with van der Waals surface area (Å²) in [6, 6.07) is 0. The largest absolute Gasteiger partial charge is 0.278 e. The lowest BCUT2D eigenvalue weighted by atomic mass is 10.4. The van der Waals surface area contributed by atoms with E-state index in [2.05, 4.69) is 10.2 Å². The molecule has 0 unspecified atom stereocenters. The third kappa shape index (κ3) is 4.05. The fourth-order valence-electron chi connectivity index (χ4n) is 0.245. The van der Waals surface area contributed by atoms with Gasteiger partial charge in [-0.25, -0.2) is 17.6 Å². The first kappa shape index (κ1) is 11.1. The second-order valence-corrected chi connectivity index (χ2v) is 2.08. The molecule has 0 aromatic heterocycles. The van der Waals surface area contributed by atoms with Crippen LogP contribution in [0, 0.1) is 0 Å². The lowest BCUT2D eigenvalue weighted by molar-refractivity contribution is 0.222. The van der Waals surface area contributed by atoms with Crippen molar-refractivity contribution in [1.82, 2.24) is 0 Å². The molecule has 6 heteroatoms. The van der Waals surface area contributed by atoms with E-state index in [1.165, 1.54) is 0 Å². The quantitative estimate of drug-likeness (QED) is 0.365. The Morgan fingerprint density at radius 1 is 0.833 bits per heavy atom. The van der Waals surface area contributed by atoms with Gasteiger partial charge in [0, 0.05) is 0 Å². The standard InChI is InChI=1S/C6H8F4N2/c1-3(5(7)8)11-12-4(2)6(9)10/h5-6H,1-2H3/b11-3-,12-4-. The van der Waals surface area contributed by atoms with Gasteiger partial charge in [-0.3, -0.25) is 0 Å². The average molecular weight is 184 g/mol. The topological polar surface area (TPSA) is 24.7 Å². The lowest BCUT2D eigenvalue weighted by Gasteiger charge is -1.95. The van der Waals surface area contributed by atoms with Gasteiger partial charge in [0.1, 0.15) is 11.4 Å². The van der Waals surface area contributed by atoms with Gasteiger partial charge in [0.25, 0.3) is 12.9 Å². The van der Waals surface area contributed by atoms with E-state index < -0.39 is 24.3 Å². The van der Waals surface area contributed by atoms with E-state index in [-0.39, 0.29) is 0 Å². The fraction of sp³-hybridized carbons (Fsp3) is 0.667. The van der Waals surface area contributed by atoms with Crippen molar-refractivity contribution in [1.29, 1.82) is 0 Å². The molecule has 0 N–H and O–H groups in total. The Hall–Kier alpha value is -0.940. The normalized spacial score (nSPS) is 14.7. The van der Waals surface area contributed by atoms with Crippen LogP contribution < -0.4 is 0 Å². The third-order valence-electron chi connectivity index (χ3n) is 0.997. The highest BCUT2D eigenvalue weighted by atomic mass is 19.3. The summed E-state index contributed by atoms with van der Waals surface area (Å²) in [6.45, 7) is 2.04. The number of hydrogen-bond acceptors (Lipinski definition) is 2. The highest BCUT2D eigenvalue weighted by Gasteiger charge is 2.08. The Morgan fingerprint density at radius 2 is 1.08 bits per heavy atom. The molecule has 0 bridgehead atoms. The SMILES string of the molecule is C/C(=N/N=C(/C)C(F)F)C(F)F. The van der Waals surface area contributed by atoms with E-state index in [1.54, 1.807) is 0 Å². The second-order valence-electron chi connectivity index (χ2n) is 2.08. The van der Waals surface area contributed by atoms with Gasteiger partial charge in [-0.1, -0.05) is 0 Å². The summed E-state index contributed by atoms with van der Waals surface area (Å²) in [5.74, 6) is 0. The van der Waals surface area contributed by atoms with Gasteiger partial charge >= 0.3 is 0 Å². The first-order valence-corrected chi connectivity index (χ1v) is 3.10. The van der Waals surface area contributed by atoms with Crippen molar-refractivity contribution in [2.24, 2.45) is 10.2 Å². The number of alkyl halides is 4. The van der Waals surface area contributed by atoms with Crippen LogP contribution in [0.15, 0.2) is 10.2 Å². The summed E-state index contributed by atoms with van der Waals surface area (Å²) in [6.07, 6.45) is -5.50. The molecule has 0 atom stereocenters. The molecule has 0 aromatic rings. The highest BCUT2D eigenvalue weighted by Crippen LogP contribution is 1.99. The minimum atomic E-state index is -2.75. The predicted octanol–water partition coefficient (Wildman–Crippen LogP) is 2.35. The van der Waals surface area contributed by atoms with E-state index in [9.17, 15) is 17.6 Å². The van der Waals surface area contributed by atoms with Gasteiger partial charge in [-0.05, 0) is 13.8 Å². The number of rotatable bonds is 3. The average Bonchev–Trinajstić information content (AvgIpc) is 1.98.